The van der Waals surface area contributed by atoms with Gasteiger partial charge in [-0.3, -0.25) is 9.52 Å². The van der Waals surface area contributed by atoms with Crippen LogP contribution in [0.15, 0.2) is 53.6 Å². The van der Waals surface area contributed by atoms with Gasteiger partial charge in [-0.15, -0.1) is 0 Å². The number of hydrazone groups is 1. The van der Waals surface area contributed by atoms with Gasteiger partial charge in [0.1, 0.15) is 5.82 Å². The van der Waals surface area contributed by atoms with Crippen LogP contribution in [0.1, 0.15) is 43.9 Å². The fourth-order valence-corrected chi connectivity index (χ4v) is 3.67. The van der Waals surface area contributed by atoms with Gasteiger partial charge in [0.2, 0.25) is 15.9 Å². The molecule has 1 atom stereocenters. The molecule has 1 heterocycles. The number of sulfonamides is 1. The number of halogens is 1. The van der Waals surface area contributed by atoms with Crippen molar-refractivity contribution < 1.29 is 17.6 Å². The van der Waals surface area contributed by atoms with E-state index in [9.17, 15) is 17.6 Å². The molecule has 0 unspecified atom stereocenters. The van der Waals surface area contributed by atoms with Crippen molar-refractivity contribution in [3.63, 3.8) is 0 Å². The molecule has 1 amide bonds. The second-order valence-electron chi connectivity index (χ2n) is 6.50. The van der Waals surface area contributed by atoms with E-state index in [1.54, 1.807) is 50.2 Å². The highest BCUT2D eigenvalue weighted by Gasteiger charge is 2.32. The van der Waals surface area contributed by atoms with Crippen LogP contribution in [-0.2, 0) is 14.8 Å². The number of carbonyl (C=O) groups is 1. The number of carbonyl (C=O) groups excluding carboxylic acids is 1. The summed E-state index contributed by atoms with van der Waals surface area (Å²) in [5, 5.41) is 5.89. The SMILES string of the molecule is CCC(=O)N1N=C(c2ccc(NS(=O)(=O)CC)cc2)C[C@@H]1c1cccc(F)c1. The van der Waals surface area contributed by atoms with Gasteiger partial charge in [0, 0.05) is 18.5 Å². The number of rotatable bonds is 6. The van der Waals surface area contributed by atoms with Crippen LogP contribution in [0.3, 0.4) is 0 Å². The molecule has 6 nitrogen and oxygen atoms in total. The third kappa shape index (κ3) is 4.39. The van der Waals surface area contributed by atoms with Gasteiger partial charge in [0.15, 0.2) is 0 Å². The van der Waals surface area contributed by atoms with E-state index in [1.165, 1.54) is 17.1 Å². The number of hydrogen-bond acceptors (Lipinski definition) is 4. The van der Waals surface area contributed by atoms with Crippen molar-refractivity contribution in [2.75, 3.05) is 10.5 Å². The molecule has 0 radical (unpaired) electrons. The largest absolute Gasteiger partial charge is 0.284 e. The normalized spacial score (nSPS) is 16.8. The summed E-state index contributed by atoms with van der Waals surface area (Å²) in [7, 11) is -3.35. The summed E-state index contributed by atoms with van der Waals surface area (Å²) >= 11 is 0. The zero-order chi connectivity index (χ0) is 20.3. The Labute approximate surface area is 164 Å². The van der Waals surface area contributed by atoms with Crippen LogP contribution in [0.25, 0.3) is 0 Å². The molecular formula is C20H22FN3O3S. The highest BCUT2D eigenvalue weighted by Crippen LogP contribution is 2.33. The predicted octanol–water partition coefficient (Wildman–Crippen LogP) is 3.68. The van der Waals surface area contributed by atoms with E-state index in [1.807, 2.05) is 0 Å². The van der Waals surface area contributed by atoms with Gasteiger partial charge >= 0.3 is 0 Å². The Morgan fingerprint density at radius 3 is 2.54 bits per heavy atom. The molecule has 28 heavy (non-hydrogen) atoms. The maximum absolute atomic E-state index is 13.7. The highest BCUT2D eigenvalue weighted by atomic mass is 32.2. The number of amides is 1. The molecule has 3 rings (SSSR count). The first-order valence-electron chi connectivity index (χ1n) is 9.09. The number of nitrogens with one attached hydrogen (secondary N) is 1. The average Bonchev–Trinajstić information content (AvgIpc) is 3.13. The average molecular weight is 403 g/mol. The monoisotopic (exact) mass is 403 g/mol. The van der Waals surface area contributed by atoms with Crippen LogP contribution >= 0.6 is 0 Å². The van der Waals surface area contributed by atoms with Crippen LogP contribution < -0.4 is 4.72 Å². The highest BCUT2D eigenvalue weighted by molar-refractivity contribution is 7.92. The Hall–Kier alpha value is -2.74. The van der Waals surface area contributed by atoms with Gasteiger partial charge in [-0.2, -0.15) is 5.10 Å². The fraction of sp³-hybridized carbons (Fsp3) is 0.300. The van der Waals surface area contributed by atoms with Crippen molar-refractivity contribution in [2.45, 2.75) is 32.7 Å². The number of anilines is 1. The fourth-order valence-electron chi connectivity index (χ4n) is 3.03. The Morgan fingerprint density at radius 2 is 1.93 bits per heavy atom. The van der Waals surface area contributed by atoms with Crippen molar-refractivity contribution in [3.05, 3.63) is 65.5 Å². The second kappa shape index (κ2) is 8.10. The van der Waals surface area contributed by atoms with E-state index in [0.29, 0.717) is 29.8 Å². The third-order valence-corrected chi connectivity index (χ3v) is 5.88. The summed E-state index contributed by atoms with van der Waals surface area (Å²) in [5.41, 5.74) is 2.63. The maximum atomic E-state index is 13.7. The molecule has 1 aliphatic heterocycles. The lowest BCUT2D eigenvalue weighted by atomic mass is 9.98. The zero-order valence-corrected chi connectivity index (χ0v) is 16.5. The molecule has 0 spiro atoms. The maximum Gasteiger partial charge on any atom is 0.242 e. The minimum absolute atomic E-state index is 0.00906. The van der Waals surface area contributed by atoms with Gasteiger partial charge in [-0.1, -0.05) is 31.2 Å². The molecule has 0 aliphatic carbocycles. The second-order valence-corrected chi connectivity index (χ2v) is 8.51. The summed E-state index contributed by atoms with van der Waals surface area (Å²) in [6.07, 6.45) is 0.746. The summed E-state index contributed by atoms with van der Waals surface area (Å²) < 4.78 is 39.5. The molecule has 1 N–H and O–H groups in total. The van der Waals surface area contributed by atoms with Crippen molar-refractivity contribution in [2.24, 2.45) is 5.10 Å². The summed E-state index contributed by atoms with van der Waals surface area (Å²) in [6, 6.07) is 12.7. The van der Waals surface area contributed by atoms with Crippen LogP contribution in [0, 0.1) is 5.82 Å². The smallest absolute Gasteiger partial charge is 0.242 e. The van der Waals surface area contributed by atoms with Gasteiger partial charge in [-0.05, 0) is 42.3 Å². The molecular weight excluding hydrogens is 381 g/mol. The zero-order valence-electron chi connectivity index (χ0n) is 15.7. The lowest BCUT2D eigenvalue weighted by molar-refractivity contribution is -0.132. The predicted molar refractivity (Wildman–Crippen MR) is 107 cm³/mol. The van der Waals surface area contributed by atoms with Crippen LogP contribution in [0.5, 0.6) is 0 Å². The topological polar surface area (TPSA) is 78.8 Å². The van der Waals surface area contributed by atoms with Crippen LogP contribution in [-0.4, -0.2) is 30.8 Å². The molecule has 2 aromatic rings. The standard InChI is InChI=1S/C20H22FN3O3S/c1-3-20(25)24-19(15-6-5-7-16(21)12-15)13-18(22-24)14-8-10-17(11-9-14)23-28(26,27)4-2/h5-12,19,23H,3-4,13H2,1-2H3/t19-/m1/s1. The van der Waals surface area contributed by atoms with Crippen molar-refractivity contribution in [1.29, 1.82) is 0 Å². The molecule has 0 aromatic heterocycles. The number of nitrogens with zero attached hydrogens (tertiary/aromatic N) is 2. The van der Waals surface area contributed by atoms with Gasteiger partial charge < -0.3 is 0 Å². The molecule has 2 aromatic carbocycles. The third-order valence-electron chi connectivity index (χ3n) is 4.57. The van der Waals surface area contributed by atoms with Crippen molar-refractivity contribution >= 4 is 27.3 Å². The van der Waals surface area contributed by atoms with E-state index in [0.717, 1.165) is 5.56 Å². The Bertz CT molecular complexity index is 1000. The Morgan fingerprint density at radius 1 is 1.21 bits per heavy atom. The van der Waals surface area contributed by atoms with Gasteiger partial charge in [-0.25, -0.2) is 17.8 Å². The molecule has 8 heteroatoms. The molecule has 148 valence electrons. The van der Waals surface area contributed by atoms with Gasteiger partial charge in [0.05, 0.1) is 17.5 Å². The first-order valence-corrected chi connectivity index (χ1v) is 10.7. The number of benzene rings is 2. The molecule has 0 saturated heterocycles. The van der Waals surface area contributed by atoms with Gasteiger partial charge in [0.25, 0.3) is 0 Å². The molecule has 0 bridgehead atoms. The first kappa shape index (κ1) is 20.0. The van der Waals surface area contributed by atoms with E-state index < -0.39 is 10.0 Å². The lowest BCUT2D eigenvalue weighted by Gasteiger charge is -2.21. The Kier molecular flexibility index (Phi) is 5.79. The minimum Gasteiger partial charge on any atom is -0.284 e. The van der Waals surface area contributed by atoms with Crippen molar-refractivity contribution in [1.82, 2.24) is 5.01 Å². The first-order chi connectivity index (χ1) is 13.3. The quantitative estimate of drug-likeness (QED) is 0.799. The van der Waals surface area contributed by atoms with E-state index in [2.05, 4.69) is 9.82 Å². The Balaban J connectivity index is 1.86. The molecule has 1 aliphatic rings. The number of hydrogen-bond donors (Lipinski definition) is 1. The van der Waals surface area contributed by atoms with Crippen LogP contribution in [0.4, 0.5) is 10.1 Å². The summed E-state index contributed by atoms with van der Waals surface area (Å²) in [5.74, 6) is -0.510. The van der Waals surface area contributed by atoms with Crippen LogP contribution in [0.2, 0.25) is 0 Å². The molecule has 0 saturated carbocycles. The molecule has 0 fully saturated rings. The summed E-state index contributed by atoms with van der Waals surface area (Å²) in [6.45, 7) is 3.32. The minimum atomic E-state index is -3.35. The van der Waals surface area contributed by atoms with E-state index >= 15 is 0 Å². The van der Waals surface area contributed by atoms with E-state index in [4.69, 9.17) is 0 Å². The van der Waals surface area contributed by atoms with E-state index in [-0.39, 0.29) is 23.5 Å². The van der Waals surface area contributed by atoms with Crippen molar-refractivity contribution in [3.8, 4) is 0 Å². The lowest BCUT2D eigenvalue weighted by Crippen LogP contribution is -2.26. The summed E-state index contributed by atoms with van der Waals surface area (Å²) in [4.78, 5) is 12.4.